The molecule has 0 aliphatic rings. The van der Waals surface area contributed by atoms with E-state index in [0.29, 0.717) is 27.8 Å². The van der Waals surface area contributed by atoms with E-state index in [2.05, 4.69) is 15.5 Å². The summed E-state index contributed by atoms with van der Waals surface area (Å²) in [5.41, 5.74) is 1.17. The third-order valence-electron chi connectivity index (χ3n) is 3.09. The van der Waals surface area contributed by atoms with Crippen molar-refractivity contribution in [3.8, 4) is 17.2 Å². The first-order chi connectivity index (χ1) is 11.2. The number of nitrogens with one attached hydrogen (secondary N) is 1. The van der Waals surface area contributed by atoms with Gasteiger partial charge < -0.3 is 9.15 Å². The van der Waals surface area contributed by atoms with E-state index >= 15 is 0 Å². The number of ether oxygens (including phenoxy) is 1. The molecule has 0 aliphatic heterocycles. The number of rotatable bonds is 4. The first kappa shape index (κ1) is 15.1. The predicted octanol–water partition coefficient (Wildman–Crippen LogP) is 3.65. The Kier molecular flexibility index (Phi) is 4.25. The van der Waals surface area contributed by atoms with Gasteiger partial charge in [0.05, 0.1) is 7.11 Å². The monoisotopic (exact) mass is 329 g/mol. The fraction of sp³-hybridized carbons (Fsp3) is 0.0625. The Labute approximate surface area is 137 Å². The highest BCUT2D eigenvalue weighted by molar-refractivity contribution is 6.30. The van der Waals surface area contributed by atoms with E-state index < -0.39 is 0 Å². The molecule has 1 heterocycles. The van der Waals surface area contributed by atoms with Gasteiger partial charge in [0.1, 0.15) is 5.75 Å². The second kappa shape index (κ2) is 6.50. The SMILES string of the molecule is COc1ccc(C(=O)Nc2nnc(-c3ccc(Cl)cc3)o2)cc1. The minimum atomic E-state index is -0.348. The summed E-state index contributed by atoms with van der Waals surface area (Å²) < 4.78 is 10.5. The smallest absolute Gasteiger partial charge is 0.322 e. The van der Waals surface area contributed by atoms with Crippen LogP contribution in [0.5, 0.6) is 5.75 Å². The molecule has 0 atom stereocenters. The number of carbonyl (C=O) groups excluding carboxylic acids is 1. The quantitative estimate of drug-likeness (QED) is 0.790. The van der Waals surface area contributed by atoms with Gasteiger partial charge in [-0.15, -0.1) is 5.10 Å². The zero-order valence-electron chi connectivity index (χ0n) is 12.1. The lowest BCUT2D eigenvalue weighted by atomic mass is 10.2. The second-order valence-electron chi connectivity index (χ2n) is 4.60. The van der Waals surface area contributed by atoms with Crippen LogP contribution in [0.1, 0.15) is 10.4 Å². The van der Waals surface area contributed by atoms with E-state index in [4.69, 9.17) is 20.8 Å². The van der Waals surface area contributed by atoms with E-state index in [0.717, 1.165) is 0 Å². The first-order valence-corrected chi connectivity index (χ1v) is 7.08. The second-order valence-corrected chi connectivity index (χ2v) is 5.04. The average molecular weight is 330 g/mol. The summed E-state index contributed by atoms with van der Waals surface area (Å²) in [6.45, 7) is 0. The van der Waals surface area contributed by atoms with Gasteiger partial charge in [-0.05, 0) is 48.5 Å². The maximum atomic E-state index is 12.1. The third-order valence-corrected chi connectivity index (χ3v) is 3.34. The lowest BCUT2D eigenvalue weighted by molar-refractivity contribution is 0.102. The van der Waals surface area contributed by atoms with Gasteiger partial charge in [0.25, 0.3) is 5.91 Å². The Morgan fingerprint density at radius 1 is 1.09 bits per heavy atom. The van der Waals surface area contributed by atoms with Gasteiger partial charge in [-0.25, -0.2) is 0 Å². The minimum Gasteiger partial charge on any atom is -0.497 e. The van der Waals surface area contributed by atoms with Crippen LogP contribution >= 0.6 is 11.6 Å². The molecule has 0 spiro atoms. The van der Waals surface area contributed by atoms with E-state index in [9.17, 15) is 4.79 Å². The fourth-order valence-electron chi connectivity index (χ4n) is 1.89. The molecular weight excluding hydrogens is 318 g/mol. The van der Waals surface area contributed by atoms with Crippen molar-refractivity contribution in [2.24, 2.45) is 0 Å². The summed E-state index contributed by atoms with van der Waals surface area (Å²) in [6, 6.07) is 13.7. The molecule has 0 unspecified atom stereocenters. The number of amides is 1. The molecule has 0 fully saturated rings. The third kappa shape index (κ3) is 3.49. The summed E-state index contributed by atoms with van der Waals surface area (Å²) >= 11 is 5.83. The number of nitrogens with zero attached hydrogens (tertiary/aromatic N) is 2. The molecule has 0 saturated heterocycles. The molecule has 0 radical (unpaired) electrons. The Morgan fingerprint density at radius 3 is 2.43 bits per heavy atom. The molecule has 6 nitrogen and oxygen atoms in total. The van der Waals surface area contributed by atoms with Gasteiger partial charge in [0, 0.05) is 16.1 Å². The summed E-state index contributed by atoms with van der Waals surface area (Å²) in [5.74, 6) is 0.620. The van der Waals surface area contributed by atoms with Crippen LogP contribution in [0.15, 0.2) is 52.9 Å². The van der Waals surface area contributed by atoms with E-state index in [1.807, 2.05) is 0 Å². The van der Waals surface area contributed by atoms with Crippen molar-refractivity contribution in [2.45, 2.75) is 0 Å². The molecule has 0 saturated carbocycles. The standard InChI is InChI=1S/C16H12ClN3O3/c1-22-13-8-4-10(5-9-13)14(21)18-16-20-19-15(23-16)11-2-6-12(17)7-3-11/h2-9H,1H3,(H,18,20,21). The fourth-order valence-corrected chi connectivity index (χ4v) is 2.02. The summed E-state index contributed by atoms with van der Waals surface area (Å²) in [4.78, 5) is 12.1. The molecule has 116 valence electrons. The zero-order valence-corrected chi connectivity index (χ0v) is 12.9. The molecule has 3 aromatic rings. The molecule has 1 N–H and O–H groups in total. The Balaban J connectivity index is 1.73. The number of aromatic nitrogens is 2. The number of hydrogen-bond acceptors (Lipinski definition) is 5. The van der Waals surface area contributed by atoms with Gasteiger partial charge >= 0.3 is 6.01 Å². The molecule has 0 aliphatic carbocycles. The number of methoxy groups -OCH3 is 1. The van der Waals surface area contributed by atoms with Crippen molar-refractivity contribution < 1.29 is 13.9 Å². The van der Waals surface area contributed by atoms with Crippen molar-refractivity contribution in [3.05, 3.63) is 59.1 Å². The van der Waals surface area contributed by atoms with Crippen LogP contribution in [0.2, 0.25) is 5.02 Å². The number of halogens is 1. The lowest BCUT2D eigenvalue weighted by Gasteiger charge is -2.02. The molecule has 23 heavy (non-hydrogen) atoms. The van der Waals surface area contributed by atoms with Gasteiger partial charge in [-0.1, -0.05) is 16.7 Å². The highest BCUT2D eigenvalue weighted by atomic mass is 35.5. The Bertz CT molecular complexity index is 813. The maximum absolute atomic E-state index is 12.1. The number of benzene rings is 2. The lowest BCUT2D eigenvalue weighted by Crippen LogP contribution is -2.11. The highest BCUT2D eigenvalue weighted by Crippen LogP contribution is 2.22. The number of hydrogen-bond donors (Lipinski definition) is 1. The topological polar surface area (TPSA) is 77.2 Å². The highest BCUT2D eigenvalue weighted by Gasteiger charge is 2.12. The summed E-state index contributed by atoms with van der Waals surface area (Å²) in [5, 5.41) is 10.9. The molecular formula is C16H12ClN3O3. The van der Waals surface area contributed by atoms with Crippen LogP contribution in [0, 0.1) is 0 Å². The first-order valence-electron chi connectivity index (χ1n) is 6.70. The average Bonchev–Trinajstić information content (AvgIpc) is 3.04. The van der Waals surface area contributed by atoms with Gasteiger partial charge in [0.15, 0.2) is 0 Å². The number of carbonyl (C=O) groups is 1. The van der Waals surface area contributed by atoms with Gasteiger partial charge in [-0.2, -0.15) is 0 Å². The maximum Gasteiger partial charge on any atom is 0.322 e. The van der Waals surface area contributed by atoms with Crippen LogP contribution in [0.25, 0.3) is 11.5 Å². The van der Waals surface area contributed by atoms with Crippen LogP contribution in [-0.2, 0) is 0 Å². The van der Waals surface area contributed by atoms with Gasteiger partial charge in [0.2, 0.25) is 5.89 Å². The van der Waals surface area contributed by atoms with E-state index in [-0.39, 0.29) is 11.9 Å². The van der Waals surface area contributed by atoms with Gasteiger partial charge in [-0.3, -0.25) is 10.1 Å². The molecule has 1 aromatic heterocycles. The molecule has 3 rings (SSSR count). The molecule has 2 aromatic carbocycles. The van der Waals surface area contributed by atoms with Crippen LogP contribution in [-0.4, -0.2) is 23.2 Å². The van der Waals surface area contributed by atoms with Crippen molar-refractivity contribution in [2.75, 3.05) is 12.4 Å². The van der Waals surface area contributed by atoms with E-state index in [1.54, 1.807) is 55.6 Å². The van der Waals surface area contributed by atoms with Crippen molar-refractivity contribution in [1.82, 2.24) is 10.2 Å². The zero-order chi connectivity index (χ0) is 16.2. The summed E-state index contributed by atoms with van der Waals surface area (Å²) in [7, 11) is 1.56. The van der Waals surface area contributed by atoms with E-state index in [1.165, 1.54) is 0 Å². The molecule has 7 heteroatoms. The van der Waals surface area contributed by atoms with Crippen molar-refractivity contribution in [1.29, 1.82) is 0 Å². The molecule has 0 bridgehead atoms. The van der Waals surface area contributed by atoms with Crippen LogP contribution < -0.4 is 10.1 Å². The predicted molar refractivity (Wildman–Crippen MR) is 85.7 cm³/mol. The Morgan fingerprint density at radius 2 is 1.78 bits per heavy atom. The largest absolute Gasteiger partial charge is 0.497 e. The summed E-state index contributed by atoms with van der Waals surface area (Å²) in [6.07, 6.45) is 0. The Hall–Kier alpha value is -2.86. The van der Waals surface area contributed by atoms with Crippen LogP contribution in [0.3, 0.4) is 0 Å². The minimum absolute atomic E-state index is 0.0239. The number of anilines is 1. The van der Waals surface area contributed by atoms with Crippen molar-refractivity contribution >= 4 is 23.5 Å². The van der Waals surface area contributed by atoms with Crippen LogP contribution in [0.4, 0.5) is 6.01 Å². The van der Waals surface area contributed by atoms with Crippen molar-refractivity contribution in [3.63, 3.8) is 0 Å². The normalized spacial score (nSPS) is 10.3. The molecule has 1 amide bonds.